The number of hydrogen-bond donors (Lipinski definition) is 3. The Morgan fingerprint density at radius 1 is 0.833 bits per heavy atom. The van der Waals surface area contributed by atoms with Gasteiger partial charge < -0.3 is 39.4 Å². The number of fused-ring (bicyclic) bond motifs is 6. The third-order valence-corrected chi connectivity index (χ3v) is 13.5. The quantitative estimate of drug-likeness (QED) is 0.0874. The van der Waals surface area contributed by atoms with Gasteiger partial charge in [-0.2, -0.15) is 0 Å². The third kappa shape index (κ3) is 9.69. The Bertz CT molecular complexity index is 2850. The normalized spacial score (nSPS) is 17.8. The molecule has 2 atom stereocenters. The van der Waals surface area contributed by atoms with E-state index in [1.165, 1.54) is 20.5 Å². The number of aromatic nitrogens is 3. The van der Waals surface area contributed by atoms with Crippen LogP contribution in [0.15, 0.2) is 71.5 Å². The number of nitrogens with one attached hydrogen (secondary N) is 3. The van der Waals surface area contributed by atoms with E-state index in [2.05, 4.69) is 51.2 Å². The molecule has 18 heteroatoms. The first kappa shape index (κ1) is 45.0. The summed E-state index contributed by atoms with van der Waals surface area (Å²) >= 11 is 1.51. The van der Waals surface area contributed by atoms with Crippen molar-refractivity contribution in [3.8, 4) is 11.3 Å². The Kier molecular flexibility index (Phi) is 13.7. The number of thiophene rings is 1. The number of imidazole rings is 1. The van der Waals surface area contributed by atoms with Crippen molar-refractivity contribution in [2.45, 2.75) is 38.3 Å². The van der Waals surface area contributed by atoms with Crippen molar-refractivity contribution in [2.24, 2.45) is 7.05 Å². The van der Waals surface area contributed by atoms with Gasteiger partial charge in [0.05, 0.1) is 74.2 Å². The maximum absolute atomic E-state index is 13.0. The van der Waals surface area contributed by atoms with Crippen LogP contribution in [0.5, 0.6) is 0 Å². The summed E-state index contributed by atoms with van der Waals surface area (Å²) in [6.45, 7) is 8.05. The number of piperazine rings is 1. The number of carbonyl (C=O) groups excluding carboxylic acids is 4. The molecule has 3 aromatic heterocycles. The minimum absolute atomic E-state index is 0.00424. The Morgan fingerprint density at radius 2 is 1.59 bits per heavy atom. The predicted octanol–water partition coefficient (Wildman–Crippen LogP) is 4.25. The summed E-state index contributed by atoms with van der Waals surface area (Å²) in [6, 6.07) is 21.6. The second-order valence-electron chi connectivity index (χ2n) is 16.8. The molecule has 3 aromatic carbocycles. The van der Waals surface area contributed by atoms with Gasteiger partial charge in [-0.05, 0) is 73.9 Å². The Labute approximate surface area is 384 Å². The smallest absolute Gasteiger partial charge is 0.329 e. The van der Waals surface area contributed by atoms with E-state index in [1.807, 2.05) is 48.2 Å². The van der Waals surface area contributed by atoms with Crippen LogP contribution in [0.4, 0.5) is 11.4 Å². The van der Waals surface area contributed by atoms with Crippen molar-refractivity contribution in [2.75, 3.05) is 95.8 Å². The molecule has 3 aliphatic rings. The second-order valence-corrected chi connectivity index (χ2v) is 17.9. The van der Waals surface area contributed by atoms with E-state index in [-0.39, 0.29) is 42.5 Å². The number of benzene rings is 3. The maximum atomic E-state index is 13.0. The monoisotopic (exact) mass is 918 g/mol. The van der Waals surface area contributed by atoms with Crippen LogP contribution < -0.4 is 26.5 Å². The molecular formula is C48H54N8O9S. The minimum Gasteiger partial charge on any atom is -0.381 e. The van der Waals surface area contributed by atoms with Crippen LogP contribution in [0.25, 0.3) is 43.3 Å². The lowest BCUT2D eigenvalue weighted by atomic mass is 10.1. The topological polar surface area (TPSA) is 188 Å². The average Bonchev–Trinajstić information content (AvgIpc) is 3.78. The highest BCUT2D eigenvalue weighted by molar-refractivity contribution is 7.21. The summed E-state index contributed by atoms with van der Waals surface area (Å²) in [5.74, 6) is -0.852. The number of amides is 4. The number of hydrogen-bond acceptors (Lipinski definition) is 13. The van der Waals surface area contributed by atoms with Gasteiger partial charge in [-0.1, -0.05) is 18.2 Å². The number of ether oxygens (including phenoxy) is 4. The number of carbonyl (C=O) groups is 4. The first-order chi connectivity index (χ1) is 32.1. The zero-order valence-electron chi connectivity index (χ0n) is 37.1. The Morgan fingerprint density at radius 3 is 2.36 bits per heavy atom. The third-order valence-electron chi connectivity index (χ3n) is 12.4. The number of pyridine rings is 1. The molecule has 0 aliphatic carbocycles. The molecule has 66 heavy (non-hydrogen) atoms. The van der Waals surface area contributed by atoms with Crippen LogP contribution in [0.1, 0.15) is 41.0 Å². The number of rotatable bonds is 17. The molecule has 0 spiro atoms. The van der Waals surface area contributed by atoms with E-state index < -0.39 is 11.9 Å². The van der Waals surface area contributed by atoms with Crippen LogP contribution in [0.2, 0.25) is 0 Å². The van der Waals surface area contributed by atoms with Crippen molar-refractivity contribution >= 4 is 78.4 Å². The number of piperidine rings is 1. The van der Waals surface area contributed by atoms with Gasteiger partial charge in [-0.3, -0.25) is 33.6 Å². The first-order valence-electron chi connectivity index (χ1n) is 22.5. The fourth-order valence-electron chi connectivity index (χ4n) is 8.86. The second kappa shape index (κ2) is 20.1. The highest BCUT2D eigenvalue weighted by atomic mass is 32.1. The molecule has 0 bridgehead atoms. The standard InChI is InChI=1S/C48H54N8O9S/c1-30-28-49-44-43-34-7-8-35(51-36(34)9-12-40(43)66-45(44)47(60)50-30)32-4-3-5-33(27-32)54-15-17-55(18-16-54)42(58)29-65-25-24-64-23-22-63-21-20-62-19-14-31-6-10-37-39(26-31)53(2)48(61)56(37)38-11-13-41(57)52-46(38)59/h3-10,12,26-27,30,38,49H,11,13-25,28-29H2,1-2H3,(H,50,60)(H,52,57,59)/t30-,38?/m1/s1. The van der Waals surface area contributed by atoms with Crippen molar-refractivity contribution in [1.29, 1.82) is 0 Å². The number of imide groups is 1. The summed E-state index contributed by atoms with van der Waals surface area (Å²) in [5, 5.41) is 10.9. The maximum Gasteiger partial charge on any atom is 0.329 e. The SMILES string of the molecule is C[C@@H]1CNc2c(sc3ccc4nc(-c5cccc(N6CCN(C(=O)COCCOCCOCCOCCc7ccc8c(c7)n(C)c(=O)n8C7CCC(=O)NC7=O)CC6)c5)ccc4c23)C(=O)N1. The molecule has 6 aromatic rings. The van der Waals surface area contributed by atoms with E-state index in [4.69, 9.17) is 23.9 Å². The first-order valence-corrected chi connectivity index (χ1v) is 23.3. The fraction of sp³-hybridized carbons (Fsp3) is 0.417. The lowest BCUT2D eigenvalue weighted by Gasteiger charge is -2.36. The Balaban J connectivity index is 0.640. The van der Waals surface area contributed by atoms with E-state index in [0.29, 0.717) is 102 Å². The number of nitrogens with zero attached hydrogens (tertiary/aromatic N) is 5. The van der Waals surface area contributed by atoms with Gasteiger partial charge in [0.15, 0.2) is 0 Å². The minimum atomic E-state index is -0.713. The molecule has 0 saturated carbocycles. The van der Waals surface area contributed by atoms with E-state index in [9.17, 15) is 24.0 Å². The molecule has 2 saturated heterocycles. The zero-order chi connectivity index (χ0) is 45.7. The van der Waals surface area contributed by atoms with Gasteiger partial charge in [0.1, 0.15) is 17.5 Å². The zero-order valence-corrected chi connectivity index (χ0v) is 38.0. The molecule has 6 heterocycles. The molecule has 1 unspecified atom stereocenters. The molecule has 0 radical (unpaired) electrons. The van der Waals surface area contributed by atoms with Crippen LogP contribution in [-0.4, -0.2) is 134 Å². The largest absolute Gasteiger partial charge is 0.381 e. The van der Waals surface area contributed by atoms with E-state index in [1.54, 1.807) is 7.05 Å². The lowest BCUT2D eigenvalue weighted by molar-refractivity contribution is -0.137. The summed E-state index contributed by atoms with van der Waals surface area (Å²) < 4.78 is 26.7. The van der Waals surface area contributed by atoms with Gasteiger partial charge >= 0.3 is 5.69 Å². The van der Waals surface area contributed by atoms with Crippen LogP contribution in [0.3, 0.4) is 0 Å². The van der Waals surface area contributed by atoms with Crippen LogP contribution in [-0.2, 0) is 46.8 Å². The fourth-order valence-corrected chi connectivity index (χ4v) is 9.96. The number of aryl methyl sites for hydroxylation is 1. The molecule has 3 aliphatic heterocycles. The van der Waals surface area contributed by atoms with E-state index in [0.717, 1.165) is 54.7 Å². The van der Waals surface area contributed by atoms with Crippen molar-refractivity contribution in [3.63, 3.8) is 0 Å². The van der Waals surface area contributed by atoms with Crippen molar-refractivity contribution in [1.82, 2.24) is 29.7 Å². The molecule has 346 valence electrons. The van der Waals surface area contributed by atoms with Crippen LogP contribution >= 0.6 is 11.3 Å². The highest BCUT2D eigenvalue weighted by Gasteiger charge is 2.31. The van der Waals surface area contributed by atoms with Gasteiger partial charge in [0.2, 0.25) is 17.7 Å². The molecular weight excluding hydrogens is 865 g/mol. The predicted molar refractivity (Wildman–Crippen MR) is 252 cm³/mol. The van der Waals surface area contributed by atoms with Gasteiger partial charge in [-0.25, -0.2) is 9.78 Å². The average molecular weight is 919 g/mol. The number of anilines is 2. The van der Waals surface area contributed by atoms with Gasteiger partial charge in [0.25, 0.3) is 5.91 Å². The van der Waals surface area contributed by atoms with Crippen molar-refractivity contribution in [3.05, 3.63) is 87.7 Å². The summed E-state index contributed by atoms with van der Waals surface area (Å²) in [5.41, 5.74) is 6.80. The van der Waals surface area contributed by atoms with Crippen LogP contribution in [0, 0.1) is 0 Å². The highest BCUT2D eigenvalue weighted by Crippen LogP contribution is 2.41. The molecule has 4 amide bonds. The van der Waals surface area contributed by atoms with Crippen molar-refractivity contribution < 1.29 is 38.1 Å². The molecule has 9 rings (SSSR count). The summed E-state index contributed by atoms with van der Waals surface area (Å²) in [7, 11) is 1.68. The van der Waals surface area contributed by atoms with Gasteiger partial charge in [0, 0.05) is 79.0 Å². The molecule has 17 nitrogen and oxygen atoms in total. The molecule has 2 fully saturated rings. The summed E-state index contributed by atoms with van der Waals surface area (Å²) in [4.78, 5) is 72.8. The van der Waals surface area contributed by atoms with Gasteiger partial charge in [-0.15, -0.1) is 11.3 Å². The lowest BCUT2D eigenvalue weighted by Crippen LogP contribution is -2.49. The summed E-state index contributed by atoms with van der Waals surface area (Å²) in [6.07, 6.45) is 1.13. The molecule has 3 N–H and O–H groups in total. The Hall–Kier alpha value is -6.18. The van der Waals surface area contributed by atoms with E-state index >= 15 is 0 Å².